The number of morpholine rings is 1. The minimum absolute atomic E-state index is 0.102. The number of aliphatic hydroxyl groups excluding tert-OH is 1. The van der Waals surface area contributed by atoms with Crippen LogP contribution in [0.4, 0.5) is 0 Å². The van der Waals surface area contributed by atoms with E-state index in [4.69, 9.17) is 14.2 Å². The first kappa shape index (κ1) is 25.3. The number of rotatable bonds is 7. The highest BCUT2D eigenvalue weighted by molar-refractivity contribution is 6.46. The van der Waals surface area contributed by atoms with Crippen molar-refractivity contribution in [3.05, 3.63) is 64.7 Å². The van der Waals surface area contributed by atoms with Crippen molar-refractivity contribution >= 4 is 17.4 Å². The number of hydrogen-bond acceptors (Lipinski definition) is 7. The summed E-state index contributed by atoms with van der Waals surface area (Å²) < 4.78 is 16.7. The lowest BCUT2D eigenvalue weighted by molar-refractivity contribution is -0.140. The number of ketones is 1. The van der Waals surface area contributed by atoms with Gasteiger partial charge in [0.05, 0.1) is 24.8 Å². The molecule has 8 nitrogen and oxygen atoms in total. The summed E-state index contributed by atoms with van der Waals surface area (Å²) in [5.74, 6) is -0.00800. The second-order valence-electron chi connectivity index (χ2n) is 9.98. The van der Waals surface area contributed by atoms with Crippen LogP contribution in [-0.2, 0) is 14.3 Å². The van der Waals surface area contributed by atoms with Gasteiger partial charge in [0.1, 0.15) is 19.0 Å². The molecule has 0 bridgehead atoms. The number of amides is 1. The van der Waals surface area contributed by atoms with Gasteiger partial charge in [-0.3, -0.25) is 14.5 Å². The van der Waals surface area contributed by atoms with Gasteiger partial charge in [0.2, 0.25) is 0 Å². The van der Waals surface area contributed by atoms with E-state index in [0.717, 1.165) is 31.6 Å². The van der Waals surface area contributed by atoms with Crippen LogP contribution in [0.3, 0.4) is 0 Å². The molecule has 0 unspecified atom stereocenters. The average Bonchev–Trinajstić information content (AvgIpc) is 3.18. The van der Waals surface area contributed by atoms with Crippen molar-refractivity contribution in [2.75, 3.05) is 52.6 Å². The number of carbonyl (C=O) groups is 2. The zero-order valence-electron chi connectivity index (χ0n) is 21.4. The van der Waals surface area contributed by atoms with Crippen molar-refractivity contribution in [2.24, 2.45) is 0 Å². The molecule has 3 heterocycles. The van der Waals surface area contributed by atoms with Gasteiger partial charge in [-0.2, -0.15) is 0 Å². The topological polar surface area (TPSA) is 88.5 Å². The van der Waals surface area contributed by atoms with Gasteiger partial charge in [-0.15, -0.1) is 0 Å². The molecule has 3 aliphatic rings. The predicted octanol–water partition coefficient (Wildman–Crippen LogP) is 3.73. The molecule has 0 saturated carbocycles. The summed E-state index contributed by atoms with van der Waals surface area (Å²) in [4.78, 5) is 30.5. The Labute approximate surface area is 217 Å². The van der Waals surface area contributed by atoms with Crippen molar-refractivity contribution in [2.45, 2.75) is 32.2 Å². The van der Waals surface area contributed by atoms with Gasteiger partial charge < -0.3 is 24.2 Å². The predicted molar refractivity (Wildman–Crippen MR) is 139 cm³/mol. The van der Waals surface area contributed by atoms with E-state index >= 15 is 0 Å². The fraction of sp³-hybridized carbons (Fsp3) is 0.448. The van der Waals surface area contributed by atoms with E-state index in [-0.39, 0.29) is 11.3 Å². The largest absolute Gasteiger partial charge is 0.507 e. The molecule has 1 atom stereocenters. The van der Waals surface area contributed by atoms with Gasteiger partial charge in [-0.05, 0) is 41.7 Å². The van der Waals surface area contributed by atoms with Crippen molar-refractivity contribution < 1.29 is 28.9 Å². The fourth-order valence-electron chi connectivity index (χ4n) is 5.16. The Bertz CT molecular complexity index is 1180. The highest BCUT2D eigenvalue weighted by atomic mass is 16.6. The maximum Gasteiger partial charge on any atom is 0.295 e. The Hall–Kier alpha value is -3.36. The Morgan fingerprint density at radius 3 is 2.35 bits per heavy atom. The Kier molecular flexibility index (Phi) is 7.48. The first-order valence-electron chi connectivity index (χ1n) is 13.0. The van der Waals surface area contributed by atoms with Crippen LogP contribution < -0.4 is 9.47 Å². The third-order valence-electron chi connectivity index (χ3n) is 7.25. The van der Waals surface area contributed by atoms with Crippen LogP contribution in [0.5, 0.6) is 11.5 Å². The molecule has 1 N–H and O–H groups in total. The van der Waals surface area contributed by atoms with Crippen LogP contribution >= 0.6 is 0 Å². The normalized spacial score (nSPS) is 21.6. The van der Waals surface area contributed by atoms with Crippen LogP contribution in [0, 0.1) is 0 Å². The number of hydrogen-bond donors (Lipinski definition) is 1. The molecule has 5 rings (SSSR count). The summed E-state index contributed by atoms with van der Waals surface area (Å²) in [5, 5.41) is 11.4. The van der Waals surface area contributed by atoms with E-state index in [1.54, 1.807) is 23.1 Å². The fourth-order valence-corrected chi connectivity index (χ4v) is 5.16. The monoisotopic (exact) mass is 506 g/mol. The van der Waals surface area contributed by atoms with E-state index in [0.29, 0.717) is 56.0 Å². The number of benzene rings is 2. The number of carbonyl (C=O) groups excluding carboxylic acids is 2. The van der Waals surface area contributed by atoms with Crippen LogP contribution in [0.25, 0.3) is 5.76 Å². The number of fused-ring (bicyclic) bond motifs is 1. The summed E-state index contributed by atoms with van der Waals surface area (Å²) >= 11 is 0. The molecular weight excluding hydrogens is 472 g/mol. The molecule has 0 aliphatic carbocycles. The quantitative estimate of drug-likeness (QED) is 0.348. The van der Waals surface area contributed by atoms with Crippen LogP contribution in [0.2, 0.25) is 0 Å². The van der Waals surface area contributed by atoms with Crippen molar-refractivity contribution in [1.29, 1.82) is 0 Å². The molecule has 2 fully saturated rings. The van der Waals surface area contributed by atoms with Gasteiger partial charge in [0.25, 0.3) is 11.7 Å². The molecule has 8 heteroatoms. The molecule has 2 aromatic rings. The second kappa shape index (κ2) is 10.9. The van der Waals surface area contributed by atoms with Gasteiger partial charge in [-0.25, -0.2) is 0 Å². The molecule has 37 heavy (non-hydrogen) atoms. The molecule has 2 saturated heterocycles. The molecule has 2 aromatic carbocycles. The van der Waals surface area contributed by atoms with Crippen LogP contribution in [0.15, 0.2) is 48.0 Å². The summed E-state index contributed by atoms with van der Waals surface area (Å²) in [5.41, 5.74) is 2.48. The summed E-state index contributed by atoms with van der Waals surface area (Å²) in [6, 6.07) is 12.4. The highest BCUT2D eigenvalue weighted by Crippen LogP contribution is 2.41. The SMILES string of the molecule is CC(C)c1ccc([C@@H]2/C(=C(\O)c3ccc4c(c3)OCCO4)C(=O)C(=O)N2CCCN2CCOCC2)cc1. The lowest BCUT2D eigenvalue weighted by atomic mass is 9.93. The van der Waals surface area contributed by atoms with E-state index in [1.165, 1.54) is 5.56 Å². The van der Waals surface area contributed by atoms with Gasteiger partial charge in [0, 0.05) is 31.7 Å². The number of nitrogens with zero attached hydrogens (tertiary/aromatic N) is 2. The first-order chi connectivity index (χ1) is 17.9. The maximum atomic E-state index is 13.4. The second-order valence-corrected chi connectivity index (χ2v) is 9.98. The maximum absolute atomic E-state index is 13.4. The van der Waals surface area contributed by atoms with Crippen molar-refractivity contribution in [3.63, 3.8) is 0 Å². The van der Waals surface area contributed by atoms with E-state index in [9.17, 15) is 14.7 Å². The first-order valence-corrected chi connectivity index (χ1v) is 13.0. The lowest BCUT2D eigenvalue weighted by Crippen LogP contribution is -2.38. The summed E-state index contributed by atoms with van der Waals surface area (Å²) in [7, 11) is 0. The standard InChI is InChI=1S/C29H34N2O6/c1-19(2)20-4-6-21(7-5-20)26-25(27(32)22-8-9-23-24(18-22)37-17-16-36-23)28(33)29(34)31(26)11-3-10-30-12-14-35-15-13-30/h4-9,18-19,26,32H,3,10-17H2,1-2H3/b27-25+/t26-/m1/s1. The number of ether oxygens (including phenoxy) is 3. The molecule has 0 radical (unpaired) electrons. The summed E-state index contributed by atoms with van der Waals surface area (Å²) in [6.45, 7) is 9.48. The van der Waals surface area contributed by atoms with E-state index in [2.05, 4.69) is 18.7 Å². The van der Waals surface area contributed by atoms with Gasteiger partial charge >= 0.3 is 0 Å². The molecule has 3 aliphatic heterocycles. The Balaban J connectivity index is 1.49. The zero-order chi connectivity index (χ0) is 25.9. The number of aliphatic hydroxyl groups is 1. The third-order valence-corrected chi connectivity index (χ3v) is 7.25. The highest BCUT2D eigenvalue weighted by Gasteiger charge is 2.46. The van der Waals surface area contributed by atoms with Crippen molar-refractivity contribution in [1.82, 2.24) is 9.80 Å². The smallest absolute Gasteiger partial charge is 0.295 e. The van der Waals surface area contributed by atoms with Crippen LogP contribution in [0.1, 0.15) is 48.9 Å². The van der Waals surface area contributed by atoms with E-state index in [1.807, 2.05) is 24.3 Å². The molecule has 0 aromatic heterocycles. The Morgan fingerprint density at radius 1 is 0.946 bits per heavy atom. The minimum Gasteiger partial charge on any atom is -0.507 e. The average molecular weight is 507 g/mol. The van der Waals surface area contributed by atoms with Crippen LogP contribution in [-0.4, -0.2) is 79.2 Å². The third kappa shape index (κ3) is 5.22. The Morgan fingerprint density at radius 2 is 1.65 bits per heavy atom. The van der Waals surface area contributed by atoms with Gasteiger partial charge in [-0.1, -0.05) is 38.1 Å². The molecule has 196 valence electrons. The molecular formula is C29H34N2O6. The summed E-state index contributed by atoms with van der Waals surface area (Å²) in [6.07, 6.45) is 0.720. The van der Waals surface area contributed by atoms with E-state index < -0.39 is 17.7 Å². The lowest BCUT2D eigenvalue weighted by Gasteiger charge is -2.29. The molecule has 1 amide bonds. The zero-order valence-corrected chi connectivity index (χ0v) is 21.4. The molecule has 0 spiro atoms. The van der Waals surface area contributed by atoms with Gasteiger partial charge in [0.15, 0.2) is 11.5 Å². The van der Waals surface area contributed by atoms with Crippen molar-refractivity contribution in [3.8, 4) is 11.5 Å². The number of likely N-dealkylation sites (tertiary alicyclic amines) is 1. The minimum atomic E-state index is -0.670. The number of Topliss-reactive ketones (excluding diaryl/α,β-unsaturated/α-hetero) is 1.